The maximum Gasteiger partial charge on any atom is 0.0714 e. The van der Waals surface area contributed by atoms with Crippen LogP contribution >= 0.6 is 0 Å². The van der Waals surface area contributed by atoms with Crippen LogP contribution in [0.5, 0.6) is 0 Å². The van der Waals surface area contributed by atoms with Gasteiger partial charge in [-0.2, -0.15) is 0 Å². The molecule has 0 spiro atoms. The third-order valence-electron chi connectivity index (χ3n) is 19.3. The van der Waals surface area contributed by atoms with Crippen molar-refractivity contribution < 1.29 is 0 Å². The third-order valence-corrected chi connectivity index (χ3v) is 19.3. The Morgan fingerprint density at radius 3 is 1.11 bits per heavy atom. The highest BCUT2D eigenvalue weighted by molar-refractivity contribution is 6.28. The predicted molar refractivity (Wildman–Crippen MR) is 379 cm³/mol. The van der Waals surface area contributed by atoms with Crippen LogP contribution in [0.2, 0.25) is 0 Å². The van der Waals surface area contributed by atoms with Crippen LogP contribution in [0.3, 0.4) is 0 Å². The van der Waals surface area contributed by atoms with Crippen LogP contribution in [0, 0.1) is 0 Å². The summed E-state index contributed by atoms with van der Waals surface area (Å²) < 4.78 is 2.65. The van der Waals surface area contributed by atoms with E-state index < -0.39 is 5.41 Å². The van der Waals surface area contributed by atoms with Gasteiger partial charge in [-0.3, -0.25) is 0 Å². The molecule has 2 heterocycles. The van der Waals surface area contributed by atoms with E-state index in [4.69, 9.17) is 0 Å². The van der Waals surface area contributed by atoms with Gasteiger partial charge in [0.25, 0.3) is 0 Å². The second-order valence-electron chi connectivity index (χ2n) is 30.4. The standard InChI is InChI=1S/C85H83N3/c1-80(2,3)57-30-22-34-62(45-57)86(63-35-23-31-58(46-63)81(4,5)6)66-39-42-68-72-44-54-38-41-70-74-50-61(84(13,14)15)49-73-69-43-40-67(87(64-36-24-32-59(47-64)82(7,8)9)65-37-25-33-60(48-65)83(10,11)12)52-77(69)88(79(73)74)78(70)71(54)53-76(72)85(75(68)51-66,55-26-18-16-19-27-55)56-28-20-17-21-29-56/h16-53H,1-15H3. The van der Waals surface area contributed by atoms with Gasteiger partial charge in [-0.15, -0.1) is 0 Å². The van der Waals surface area contributed by atoms with Gasteiger partial charge >= 0.3 is 0 Å². The predicted octanol–water partition coefficient (Wildman–Crippen LogP) is 23.8. The Balaban J connectivity index is 1.07. The van der Waals surface area contributed by atoms with Crippen LogP contribution in [0.15, 0.2) is 231 Å². The zero-order chi connectivity index (χ0) is 61.6. The largest absolute Gasteiger partial charge is 0.310 e. The molecule has 0 aliphatic heterocycles. The summed E-state index contributed by atoms with van der Waals surface area (Å²) in [6, 6.07) is 89.1. The Morgan fingerprint density at radius 1 is 0.273 bits per heavy atom. The first-order chi connectivity index (χ1) is 41.8. The van der Waals surface area contributed by atoms with Gasteiger partial charge in [0.1, 0.15) is 0 Å². The number of fused-ring (bicyclic) bond motifs is 11. The quantitative estimate of drug-likeness (QED) is 0.150. The summed E-state index contributed by atoms with van der Waals surface area (Å²) in [5, 5.41) is 7.58. The molecule has 0 saturated heterocycles. The van der Waals surface area contributed by atoms with Crippen LogP contribution < -0.4 is 9.80 Å². The lowest BCUT2D eigenvalue weighted by Gasteiger charge is -2.35. The smallest absolute Gasteiger partial charge is 0.0714 e. The second kappa shape index (κ2) is 20.1. The molecular formula is C85H83N3. The van der Waals surface area contributed by atoms with Gasteiger partial charge in [-0.1, -0.05) is 237 Å². The average molecular weight is 1150 g/mol. The minimum absolute atomic E-state index is 0.0317. The maximum absolute atomic E-state index is 2.65. The number of aromatic nitrogens is 1. The van der Waals surface area contributed by atoms with Crippen molar-refractivity contribution in [2.75, 3.05) is 9.80 Å². The van der Waals surface area contributed by atoms with Gasteiger partial charge in [0.2, 0.25) is 0 Å². The summed E-state index contributed by atoms with van der Waals surface area (Å²) in [7, 11) is 0. The number of benzene rings is 11. The first-order valence-corrected chi connectivity index (χ1v) is 31.8. The van der Waals surface area contributed by atoms with E-state index in [1.807, 2.05) is 0 Å². The van der Waals surface area contributed by atoms with Crippen molar-refractivity contribution >= 4 is 83.0 Å². The lowest BCUT2D eigenvalue weighted by molar-refractivity contribution is 0.589. The number of nitrogens with zero attached hydrogens (tertiary/aromatic N) is 3. The van der Waals surface area contributed by atoms with Gasteiger partial charge in [0.05, 0.1) is 22.0 Å². The van der Waals surface area contributed by atoms with Crippen LogP contribution in [0.4, 0.5) is 34.1 Å². The first kappa shape index (κ1) is 56.9. The fraction of sp³-hybridized carbons (Fsp3) is 0.247. The van der Waals surface area contributed by atoms with E-state index in [-0.39, 0.29) is 27.1 Å². The summed E-state index contributed by atoms with van der Waals surface area (Å²) >= 11 is 0. The van der Waals surface area contributed by atoms with E-state index in [0.717, 1.165) is 34.1 Å². The Kier molecular flexibility index (Phi) is 13.0. The Morgan fingerprint density at radius 2 is 0.659 bits per heavy atom. The monoisotopic (exact) mass is 1150 g/mol. The van der Waals surface area contributed by atoms with E-state index >= 15 is 0 Å². The van der Waals surface area contributed by atoms with Gasteiger partial charge in [-0.25, -0.2) is 0 Å². The zero-order valence-corrected chi connectivity index (χ0v) is 54.3. The Labute approximate surface area is 522 Å². The van der Waals surface area contributed by atoms with E-state index in [1.54, 1.807) is 0 Å². The molecule has 0 atom stereocenters. The SMILES string of the molecule is CC(C)(C)c1cccc(N(c2cccc(C(C)(C)C)c2)c2ccc3c(c2)C(c2ccccc2)(c2ccccc2)c2cc4c(ccc5c6cc(C(C)(C)C)cc7c8ccc(N(c9cccc(C(C)(C)C)c9)c9cccc(C(C)(C)C)c9)cc8n(c45)c76)cc2-3)c1. The Hall–Kier alpha value is -8.92. The number of hydrogen-bond donors (Lipinski definition) is 0. The number of hydrogen-bond acceptors (Lipinski definition) is 2. The van der Waals surface area contributed by atoms with Crippen LogP contribution in [0.1, 0.15) is 154 Å². The average Bonchev–Trinajstić information content (AvgIpc) is 1.55. The molecule has 88 heavy (non-hydrogen) atoms. The Bertz CT molecular complexity index is 4710. The van der Waals surface area contributed by atoms with Gasteiger partial charge < -0.3 is 14.2 Å². The molecule has 438 valence electrons. The zero-order valence-electron chi connectivity index (χ0n) is 54.3. The van der Waals surface area contributed by atoms with Crippen molar-refractivity contribution in [3.8, 4) is 11.1 Å². The highest BCUT2D eigenvalue weighted by atomic mass is 15.1. The van der Waals surface area contributed by atoms with Crippen molar-refractivity contribution in [2.45, 2.75) is 136 Å². The highest BCUT2D eigenvalue weighted by Gasteiger charge is 2.47. The molecule has 3 nitrogen and oxygen atoms in total. The molecule has 2 aromatic heterocycles. The van der Waals surface area contributed by atoms with Crippen molar-refractivity contribution in [3.05, 3.63) is 281 Å². The van der Waals surface area contributed by atoms with Gasteiger partial charge in [0.15, 0.2) is 0 Å². The summed E-state index contributed by atoms with van der Waals surface area (Å²) in [4.78, 5) is 4.99. The molecule has 0 unspecified atom stereocenters. The third kappa shape index (κ3) is 9.21. The summed E-state index contributed by atoms with van der Waals surface area (Å²) in [6.45, 7) is 34.8. The molecule has 1 aliphatic rings. The van der Waals surface area contributed by atoms with E-state index in [9.17, 15) is 0 Å². The molecule has 1 aliphatic carbocycles. The molecule has 0 amide bonds. The lowest BCUT2D eigenvalue weighted by Crippen LogP contribution is -2.28. The van der Waals surface area contributed by atoms with Crippen LogP contribution in [0.25, 0.3) is 60.0 Å². The molecule has 0 N–H and O–H groups in total. The molecule has 3 heteroatoms. The van der Waals surface area contributed by atoms with E-state index in [1.165, 1.54) is 110 Å². The maximum atomic E-state index is 2.65. The van der Waals surface area contributed by atoms with Gasteiger partial charge in [-0.05, 0) is 191 Å². The molecule has 0 radical (unpaired) electrons. The fourth-order valence-corrected chi connectivity index (χ4v) is 14.4. The van der Waals surface area contributed by atoms with E-state index in [0.29, 0.717) is 0 Å². The molecule has 0 fully saturated rings. The summed E-state index contributed by atoms with van der Waals surface area (Å²) in [5.41, 5.74) is 23.7. The summed E-state index contributed by atoms with van der Waals surface area (Å²) in [5.74, 6) is 0. The van der Waals surface area contributed by atoms with Crippen molar-refractivity contribution in [3.63, 3.8) is 0 Å². The lowest BCUT2D eigenvalue weighted by atomic mass is 9.67. The second-order valence-corrected chi connectivity index (χ2v) is 30.4. The highest BCUT2D eigenvalue weighted by Crippen LogP contribution is 2.59. The first-order valence-electron chi connectivity index (χ1n) is 31.8. The van der Waals surface area contributed by atoms with Crippen molar-refractivity contribution in [1.82, 2.24) is 4.40 Å². The molecule has 13 aromatic rings. The van der Waals surface area contributed by atoms with Crippen molar-refractivity contribution in [1.29, 1.82) is 0 Å². The summed E-state index contributed by atoms with van der Waals surface area (Å²) in [6.07, 6.45) is 0. The minimum Gasteiger partial charge on any atom is -0.310 e. The molecular weight excluding hydrogens is 1060 g/mol. The molecule has 0 saturated carbocycles. The van der Waals surface area contributed by atoms with Crippen LogP contribution in [-0.4, -0.2) is 4.40 Å². The minimum atomic E-state index is -0.692. The van der Waals surface area contributed by atoms with Crippen LogP contribution in [-0.2, 0) is 32.5 Å². The van der Waals surface area contributed by atoms with Gasteiger partial charge in [0, 0.05) is 61.1 Å². The number of anilines is 6. The molecule has 0 bridgehead atoms. The number of rotatable bonds is 8. The topological polar surface area (TPSA) is 10.9 Å². The fourth-order valence-electron chi connectivity index (χ4n) is 14.4. The molecule has 11 aromatic carbocycles. The normalized spacial score (nSPS) is 13.7. The van der Waals surface area contributed by atoms with E-state index in [2.05, 4.69) is 349 Å². The molecule has 14 rings (SSSR count). The van der Waals surface area contributed by atoms with Crippen molar-refractivity contribution in [2.24, 2.45) is 0 Å².